The maximum Gasteiger partial charge on any atom is 0.335 e. The first-order valence-corrected chi connectivity index (χ1v) is 16.4. The number of aromatic amines is 1. The first-order chi connectivity index (χ1) is 22.9. The van der Waals surface area contributed by atoms with E-state index in [-0.39, 0.29) is 18.1 Å². The smallest absolute Gasteiger partial charge is 0.335 e. The van der Waals surface area contributed by atoms with Gasteiger partial charge in [-0.1, -0.05) is 36.1 Å². The monoisotopic (exact) mass is 674 g/mol. The number of aromatic carboxylic acids is 1. The Kier molecular flexibility index (Phi) is 10.4. The zero-order valence-corrected chi connectivity index (χ0v) is 27.4. The summed E-state index contributed by atoms with van der Waals surface area (Å²) in [7, 11) is 1.45. The molecule has 3 aromatic carbocycles. The van der Waals surface area contributed by atoms with Crippen molar-refractivity contribution in [2.75, 3.05) is 59.7 Å². The van der Waals surface area contributed by atoms with Crippen molar-refractivity contribution in [2.24, 2.45) is 0 Å². The van der Waals surface area contributed by atoms with Gasteiger partial charge in [0.15, 0.2) is 11.5 Å². The van der Waals surface area contributed by atoms with Crippen LogP contribution in [0.25, 0.3) is 28.1 Å². The van der Waals surface area contributed by atoms with Gasteiger partial charge in [0.05, 0.1) is 49.1 Å². The molecule has 0 bridgehead atoms. The molecule has 4 aromatic rings. The number of aromatic nitrogens is 2. The fraction of sp³-hybridized carbons (Fsp3) is 0.294. The Morgan fingerprint density at radius 2 is 1.85 bits per heavy atom. The van der Waals surface area contributed by atoms with Crippen LogP contribution in [0.4, 0.5) is 0 Å². The van der Waals surface area contributed by atoms with Crippen molar-refractivity contribution < 1.29 is 33.6 Å². The number of carboxylic acids is 1. The van der Waals surface area contributed by atoms with E-state index in [1.807, 2.05) is 36.4 Å². The van der Waals surface area contributed by atoms with Crippen molar-refractivity contribution in [3.8, 4) is 28.4 Å². The van der Waals surface area contributed by atoms with Gasteiger partial charge in [-0.3, -0.25) is 19.7 Å². The van der Waals surface area contributed by atoms with Gasteiger partial charge in [0, 0.05) is 37.1 Å². The van der Waals surface area contributed by atoms with Crippen LogP contribution in [0, 0.1) is 0 Å². The molecule has 13 heteroatoms. The molecule has 2 N–H and O–H groups in total. The predicted molar refractivity (Wildman–Crippen MR) is 184 cm³/mol. The van der Waals surface area contributed by atoms with Crippen molar-refractivity contribution in [2.45, 2.75) is 6.42 Å². The van der Waals surface area contributed by atoms with E-state index in [1.54, 1.807) is 17.2 Å². The van der Waals surface area contributed by atoms with E-state index >= 15 is 0 Å². The molecule has 11 nitrogen and oxygen atoms in total. The molecule has 1 amide bonds. The number of ether oxygens (including phenoxy) is 4. The summed E-state index contributed by atoms with van der Waals surface area (Å²) in [6, 6.07) is 16.5. The zero-order chi connectivity index (χ0) is 32.8. The number of hydrogen-bond donors (Lipinski definition) is 2. The third-order valence-electron chi connectivity index (χ3n) is 7.89. The summed E-state index contributed by atoms with van der Waals surface area (Å²) in [6.45, 7) is 5.30. The minimum Gasteiger partial charge on any atom is -0.493 e. The number of H-pyrrole nitrogens is 1. The van der Waals surface area contributed by atoms with E-state index in [9.17, 15) is 14.7 Å². The van der Waals surface area contributed by atoms with Crippen LogP contribution in [0.15, 0.2) is 65.7 Å². The Bertz CT molecular complexity index is 1820. The molecule has 0 aliphatic carbocycles. The fourth-order valence-corrected chi connectivity index (χ4v) is 6.69. The number of thioether (sulfide) groups is 1. The molecule has 1 aromatic heterocycles. The van der Waals surface area contributed by atoms with Gasteiger partial charge in [-0.05, 0) is 66.1 Å². The first-order valence-electron chi connectivity index (χ1n) is 15.2. The van der Waals surface area contributed by atoms with E-state index < -0.39 is 5.97 Å². The van der Waals surface area contributed by atoms with Crippen LogP contribution in [-0.4, -0.2) is 101 Å². The molecule has 0 atom stereocenters. The maximum atomic E-state index is 13.4. The van der Waals surface area contributed by atoms with Gasteiger partial charge < -0.3 is 24.1 Å². The van der Waals surface area contributed by atoms with E-state index in [0.717, 1.165) is 66.2 Å². The Morgan fingerprint density at radius 3 is 2.66 bits per heavy atom. The van der Waals surface area contributed by atoms with Gasteiger partial charge in [-0.15, -0.1) is 0 Å². The molecule has 2 aliphatic rings. The summed E-state index contributed by atoms with van der Waals surface area (Å²) in [5.41, 5.74) is 3.81. The van der Waals surface area contributed by atoms with Crippen molar-refractivity contribution in [1.29, 1.82) is 0 Å². The summed E-state index contributed by atoms with van der Waals surface area (Å²) in [5, 5.41) is 17.4. The van der Waals surface area contributed by atoms with Crippen LogP contribution in [0.3, 0.4) is 0 Å². The highest BCUT2D eigenvalue weighted by Gasteiger charge is 2.31. The number of rotatable bonds is 13. The number of hydrogen-bond acceptors (Lipinski definition) is 10. The number of nitrogens with one attached hydrogen (secondary N) is 1. The van der Waals surface area contributed by atoms with Crippen LogP contribution in [0.2, 0.25) is 0 Å². The number of thiocarbonyl (C=S) groups is 1. The van der Waals surface area contributed by atoms with E-state index in [4.69, 9.17) is 31.2 Å². The lowest BCUT2D eigenvalue weighted by molar-refractivity contribution is -0.122. The summed E-state index contributed by atoms with van der Waals surface area (Å²) in [5.74, 6) is 0.318. The van der Waals surface area contributed by atoms with Gasteiger partial charge in [-0.2, -0.15) is 5.10 Å². The van der Waals surface area contributed by atoms with Crippen molar-refractivity contribution in [3.63, 3.8) is 0 Å². The Hall–Kier alpha value is -4.43. The van der Waals surface area contributed by atoms with Crippen LogP contribution in [0.1, 0.15) is 22.3 Å². The highest BCUT2D eigenvalue weighted by Crippen LogP contribution is 2.37. The standard InChI is InChI=1S/C34H34N4O7S2/c1-42-30-20-24(33(40)41)5-8-29(30)44-13-2-9-38-32(39)31(47-34(38)46)18-22-3-7-28(45-16-12-37-10-14-43-15-11-37)26(17-22)23-4-6-27-25(19-23)21-35-36-27/h3-8,17-21H,2,9-16H2,1H3,(H,35,36)(H,40,41)/b31-18-. The Balaban J connectivity index is 1.13. The molecule has 0 radical (unpaired) electrons. The molecule has 6 rings (SSSR count). The second-order valence-electron chi connectivity index (χ2n) is 10.9. The lowest BCUT2D eigenvalue weighted by Gasteiger charge is -2.26. The molecule has 2 saturated heterocycles. The Labute approximate surface area is 281 Å². The fourth-order valence-electron chi connectivity index (χ4n) is 5.38. The van der Waals surface area contributed by atoms with Crippen molar-refractivity contribution in [3.05, 3.63) is 76.8 Å². The van der Waals surface area contributed by atoms with Crippen molar-refractivity contribution in [1.82, 2.24) is 20.0 Å². The predicted octanol–water partition coefficient (Wildman–Crippen LogP) is 5.32. The lowest BCUT2D eigenvalue weighted by Crippen LogP contribution is -2.38. The molecule has 0 saturated carbocycles. The lowest BCUT2D eigenvalue weighted by atomic mass is 10.0. The SMILES string of the molecule is COc1cc(C(=O)O)ccc1OCCCN1C(=O)/C(=C/c2ccc(OCCN3CCOCC3)c(-c3ccc4[nH]ncc4c3)c2)SC1=S. The summed E-state index contributed by atoms with van der Waals surface area (Å²) < 4.78 is 23.3. The second kappa shape index (κ2) is 15.0. The topological polar surface area (TPSA) is 126 Å². The number of morpholine rings is 1. The molecule has 47 heavy (non-hydrogen) atoms. The van der Waals surface area contributed by atoms with Gasteiger partial charge in [0.25, 0.3) is 5.91 Å². The van der Waals surface area contributed by atoms with E-state index in [1.165, 1.54) is 31.0 Å². The number of carbonyl (C=O) groups excluding carboxylic acids is 1. The normalized spacial score (nSPS) is 16.3. The number of nitrogens with zero attached hydrogens (tertiary/aromatic N) is 3. The highest BCUT2D eigenvalue weighted by molar-refractivity contribution is 8.26. The number of methoxy groups -OCH3 is 1. The van der Waals surface area contributed by atoms with Gasteiger partial charge >= 0.3 is 5.97 Å². The number of carboxylic acid groups (broad SMARTS) is 1. The summed E-state index contributed by atoms with van der Waals surface area (Å²) in [6.07, 6.45) is 4.17. The summed E-state index contributed by atoms with van der Waals surface area (Å²) in [4.78, 5) is 29.1. The maximum absolute atomic E-state index is 13.4. The number of benzene rings is 3. The number of fused-ring (bicyclic) bond motifs is 1. The first kappa shape index (κ1) is 32.5. The average Bonchev–Trinajstić information content (AvgIpc) is 3.66. The van der Waals surface area contributed by atoms with Crippen LogP contribution >= 0.6 is 24.0 Å². The molecule has 0 unspecified atom stereocenters. The third kappa shape index (κ3) is 7.76. The Morgan fingerprint density at radius 1 is 1.04 bits per heavy atom. The molecule has 2 fully saturated rings. The molecule has 2 aliphatic heterocycles. The van der Waals surface area contributed by atoms with E-state index in [2.05, 4.69) is 21.2 Å². The minimum absolute atomic E-state index is 0.107. The van der Waals surface area contributed by atoms with Gasteiger partial charge in [0.2, 0.25) is 0 Å². The number of amides is 1. The van der Waals surface area contributed by atoms with Crippen LogP contribution in [0.5, 0.6) is 17.2 Å². The van der Waals surface area contributed by atoms with E-state index in [0.29, 0.717) is 40.3 Å². The highest BCUT2D eigenvalue weighted by atomic mass is 32.2. The zero-order valence-electron chi connectivity index (χ0n) is 25.8. The molecule has 244 valence electrons. The van der Waals surface area contributed by atoms with Gasteiger partial charge in [0.1, 0.15) is 16.7 Å². The van der Waals surface area contributed by atoms with Crippen molar-refractivity contribution >= 4 is 57.2 Å². The summed E-state index contributed by atoms with van der Waals surface area (Å²) >= 11 is 6.84. The largest absolute Gasteiger partial charge is 0.493 e. The third-order valence-corrected chi connectivity index (χ3v) is 9.27. The molecular formula is C34H34N4O7S2. The van der Waals surface area contributed by atoms with Crippen LogP contribution < -0.4 is 14.2 Å². The quantitative estimate of drug-likeness (QED) is 0.109. The average molecular weight is 675 g/mol. The molecular weight excluding hydrogens is 641 g/mol. The molecule has 3 heterocycles. The molecule has 0 spiro atoms. The number of carbonyl (C=O) groups is 2. The minimum atomic E-state index is -1.05. The second-order valence-corrected chi connectivity index (χ2v) is 12.6. The van der Waals surface area contributed by atoms with Crippen LogP contribution in [-0.2, 0) is 9.53 Å². The van der Waals surface area contributed by atoms with Gasteiger partial charge in [-0.25, -0.2) is 4.79 Å².